The molecule has 0 bridgehead atoms. The third-order valence-electron chi connectivity index (χ3n) is 5.40. The highest BCUT2D eigenvalue weighted by molar-refractivity contribution is 5.67. The molecule has 0 spiro atoms. The summed E-state index contributed by atoms with van der Waals surface area (Å²) in [7, 11) is 0. The fourth-order valence-electron chi connectivity index (χ4n) is 3.36. The van der Waals surface area contributed by atoms with Gasteiger partial charge in [0.15, 0.2) is 0 Å². The largest absolute Gasteiger partial charge is 0.512 e. The highest BCUT2D eigenvalue weighted by Gasteiger charge is 2.39. The fraction of sp³-hybridized carbons (Fsp3) is 0.833. The molecule has 22 heavy (non-hydrogen) atoms. The fourth-order valence-corrected chi connectivity index (χ4v) is 3.36. The lowest BCUT2D eigenvalue weighted by atomic mass is 9.75. The topological polar surface area (TPSA) is 77.8 Å². The molecule has 1 saturated carbocycles. The van der Waals surface area contributed by atoms with Crippen LogP contribution in [-0.2, 0) is 4.79 Å². The third-order valence-corrected chi connectivity index (χ3v) is 5.40. The van der Waals surface area contributed by atoms with E-state index >= 15 is 0 Å². The van der Waals surface area contributed by atoms with Crippen molar-refractivity contribution < 1.29 is 20.1 Å². The van der Waals surface area contributed by atoms with E-state index < -0.39 is 12.1 Å². The Morgan fingerprint density at radius 1 is 1.32 bits per heavy atom. The second-order valence-corrected chi connectivity index (χ2v) is 7.49. The van der Waals surface area contributed by atoms with Gasteiger partial charge in [-0.25, -0.2) is 0 Å². The second kappa shape index (κ2) is 8.00. The van der Waals surface area contributed by atoms with Gasteiger partial charge in [0.1, 0.15) is 0 Å². The smallest absolute Gasteiger partial charge is 0.303 e. The van der Waals surface area contributed by atoms with Crippen molar-refractivity contribution in [3.63, 3.8) is 0 Å². The van der Waals surface area contributed by atoms with Crippen molar-refractivity contribution in [1.82, 2.24) is 0 Å². The maximum Gasteiger partial charge on any atom is 0.303 e. The zero-order valence-corrected chi connectivity index (χ0v) is 14.4. The lowest BCUT2D eigenvalue weighted by Crippen LogP contribution is -2.25. The van der Waals surface area contributed by atoms with Crippen LogP contribution in [-0.4, -0.2) is 27.4 Å². The van der Waals surface area contributed by atoms with Crippen molar-refractivity contribution in [1.29, 1.82) is 0 Å². The minimum absolute atomic E-state index is 0.0860. The van der Waals surface area contributed by atoms with Gasteiger partial charge in [-0.05, 0) is 36.7 Å². The van der Waals surface area contributed by atoms with Gasteiger partial charge in [0.25, 0.3) is 0 Å². The number of rotatable bonds is 8. The Balaban J connectivity index is 2.79. The van der Waals surface area contributed by atoms with Crippen molar-refractivity contribution in [3.8, 4) is 0 Å². The molecule has 0 amide bonds. The Morgan fingerprint density at radius 3 is 2.50 bits per heavy atom. The van der Waals surface area contributed by atoms with Gasteiger partial charge in [-0.1, -0.05) is 40.5 Å². The summed E-state index contributed by atoms with van der Waals surface area (Å²) in [6.07, 6.45) is 5.81. The predicted octanol–water partition coefficient (Wildman–Crippen LogP) is 4.14. The maximum absolute atomic E-state index is 11.0. The van der Waals surface area contributed by atoms with E-state index in [2.05, 4.69) is 27.7 Å². The predicted molar refractivity (Wildman–Crippen MR) is 87.7 cm³/mol. The van der Waals surface area contributed by atoms with E-state index in [0.717, 1.165) is 19.3 Å². The normalized spacial score (nSPS) is 27.9. The highest BCUT2D eigenvalue weighted by atomic mass is 16.4. The van der Waals surface area contributed by atoms with Gasteiger partial charge in [-0.3, -0.25) is 4.79 Å². The number of aliphatic hydroxyl groups is 2. The monoisotopic (exact) mass is 312 g/mol. The van der Waals surface area contributed by atoms with Crippen LogP contribution in [0, 0.1) is 23.2 Å². The standard InChI is InChI=1S/C18H32O4/c1-5-6-9-18(3,4)12(2)10-16(20)13-7-8-15(19)14(13)11-17(21)22/h10,12-15,19-20H,5-9,11H2,1-4H3,(H,21,22)/t12-,13-,14+,15-/m0/s1. The molecule has 0 aromatic rings. The Labute approximate surface area is 134 Å². The second-order valence-electron chi connectivity index (χ2n) is 7.49. The van der Waals surface area contributed by atoms with Gasteiger partial charge in [0.2, 0.25) is 0 Å². The minimum atomic E-state index is -0.917. The number of hydrogen-bond donors (Lipinski definition) is 3. The molecule has 0 aromatic heterocycles. The summed E-state index contributed by atoms with van der Waals surface area (Å²) in [6.45, 7) is 8.68. The molecular weight excluding hydrogens is 280 g/mol. The number of unbranched alkanes of at least 4 members (excludes halogenated alkanes) is 1. The number of carboxylic acid groups (broad SMARTS) is 1. The molecule has 128 valence electrons. The first-order valence-electron chi connectivity index (χ1n) is 8.49. The molecule has 0 unspecified atom stereocenters. The quantitative estimate of drug-likeness (QED) is 0.589. The van der Waals surface area contributed by atoms with Crippen molar-refractivity contribution in [2.45, 2.75) is 72.3 Å². The first-order valence-corrected chi connectivity index (χ1v) is 8.49. The minimum Gasteiger partial charge on any atom is -0.512 e. The molecule has 1 rings (SSSR count). The van der Waals surface area contributed by atoms with E-state index in [1.165, 1.54) is 0 Å². The summed E-state index contributed by atoms with van der Waals surface area (Å²) in [4.78, 5) is 11.0. The number of aliphatic carboxylic acids is 1. The Kier molecular flexibility index (Phi) is 6.92. The van der Waals surface area contributed by atoms with E-state index in [1.54, 1.807) is 0 Å². The molecule has 1 aliphatic carbocycles. The van der Waals surface area contributed by atoms with Crippen LogP contribution in [0.15, 0.2) is 11.8 Å². The summed E-state index contributed by atoms with van der Waals surface area (Å²) in [5.41, 5.74) is 0.101. The van der Waals surface area contributed by atoms with Crippen molar-refractivity contribution in [2.75, 3.05) is 0 Å². The van der Waals surface area contributed by atoms with E-state index in [9.17, 15) is 15.0 Å². The van der Waals surface area contributed by atoms with Crippen LogP contribution >= 0.6 is 0 Å². The average Bonchev–Trinajstić information content (AvgIpc) is 2.77. The van der Waals surface area contributed by atoms with E-state index in [0.29, 0.717) is 12.8 Å². The average molecular weight is 312 g/mol. The summed E-state index contributed by atoms with van der Waals surface area (Å²) >= 11 is 0. The number of carboxylic acids is 1. The van der Waals surface area contributed by atoms with Gasteiger partial charge < -0.3 is 15.3 Å². The molecule has 0 aliphatic heterocycles. The third kappa shape index (κ3) is 5.01. The molecule has 4 heteroatoms. The van der Waals surface area contributed by atoms with Crippen LogP contribution in [0.5, 0.6) is 0 Å². The molecule has 3 N–H and O–H groups in total. The van der Waals surface area contributed by atoms with Gasteiger partial charge in [0, 0.05) is 11.8 Å². The first kappa shape index (κ1) is 19.0. The number of allylic oxidation sites excluding steroid dienone is 2. The maximum atomic E-state index is 11.0. The van der Waals surface area contributed by atoms with Crippen LogP contribution < -0.4 is 0 Å². The summed E-state index contributed by atoms with van der Waals surface area (Å²) in [5, 5.41) is 29.4. The first-order chi connectivity index (χ1) is 10.2. The summed E-state index contributed by atoms with van der Waals surface area (Å²) < 4.78 is 0. The highest BCUT2D eigenvalue weighted by Crippen LogP contribution is 2.40. The van der Waals surface area contributed by atoms with Crippen LogP contribution in [0.2, 0.25) is 0 Å². The molecule has 1 aliphatic rings. The van der Waals surface area contributed by atoms with Gasteiger partial charge in [-0.15, -0.1) is 0 Å². The van der Waals surface area contributed by atoms with Crippen LogP contribution in [0.4, 0.5) is 0 Å². The molecule has 1 fully saturated rings. The van der Waals surface area contributed by atoms with Crippen LogP contribution in [0.1, 0.15) is 66.2 Å². The molecule has 4 nitrogen and oxygen atoms in total. The van der Waals surface area contributed by atoms with E-state index in [-0.39, 0.29) is 35.3 Å². The van der Waals surface area contributed by atoms with Crippen molar-refractivity contribution >= 4 is 5.97 Å². The Morgan fingerprint density at radius 2 is 1.95 bits per heavy atom. The van der Waals surface area contributed by atoms with E-state index in [4.69, 9.17) is 5.11 Å². The van der Waals surface area contributed by atoms with Gasteiger partial charge >= 0.3 is 5.97 Å². The molecule has 0 saturated heterocycles. The van der Waals surface area contributed by atoms with Crippen LogP contribution in [0.3, 0.4) is 0 Å². The van der Waals surface area contributed by atoms with E-state index in [1.807, 2.05) is 6.08 Å². The van der Waals surface area contributed by atoms with Gasteiger partial charge in [0.05, 0.1) is 18.3 Å². The molecular formula is C18H32O4. The Bertz CT molecular complexity index is 400. The lowest BCUT2D eigenvalue weighted by molar-refractivity contribution is -0.139. The lowest BCUT2D eigenvalue weighted by Gasteiger charge is -2.31. The SMILES string of the molecule is CCCCC(C)(C)[C@@H](C)C=C(O)[C@H]1CC[C@H](O)[C@@H]1CC(=O)O. The number of carbonyl (C=O) groups is 1. The molecule has 0 radical (unpaired) electrons. The van der Waals surface area contributed by atoms with Crippen molar-refractivity contribution in [2.24, 2.45) is 23.2 Å². The molecule has 0 heterocycles. The number of hydrogen-bond acceptors (Lipinski definition) is 3. The Hall–Kier alpha value is -1.03. The summed E-state index contributed by atoms with van der Waals surface area (Å²) in [6, 6.07) is 0. The van der Waals surface area contributed by atoms with Crippen molar-refractivity contribution in [3.05, 3.63) is 11.8 Å². The summed E-state index contributed by atoms with van der Waals surface area (Å²) in [5.74, 6) is -1.04. The van der Waals surface area contributed by atoms with Gasteiger partial charge in [-0.2, -0.15) is 0 Å². The molecule has 0 aromatic carbocycles. The molecule has 4 atom stereocenters. The zero-order chi connectivity index (χ0) is 16.9. The number of aliphatic hydroxyl groups excluding tert-OH is 2. The zero-order valence-electron chi connectivity index (χ0n) is 14.4. The van der Waals surface area contributed by atoms with Crippen LogP contribution in [0.25, 0.3) is 0 Å².